The van der Waals surface area contributed by atoms with Crippen LogP contribution in [0.25, 0.3) is 33.4 Å². The molecule has 0 heterocycles. The molecule has 2 N–H and O–H groups in total. The van der Waals surface area contributed by atoms with Crippen molar-refractivity contribution in [3.63, 3.8) is 0 Å². The Labute approximate surface area is 266 Å². The molecule has 1 radical (unpaired) electrons. The molecule has 0 saturated carbocycles. The summed E-state index contributed by atoms with van der Waals surface area (Å²) in [6, 6.07) is 34.3. The molecular weight excluding hydrogens is 691 g/mol. The van der Waals surface area contributed by atoms with Gasteiger partial charge >= 0.3 is 0 Å². The maximum Gasteiger partial charge on any atom is 0.112 e. The molecule has 0 saturated heterocycles. The third-order valence-electron chi connectivity index (χ3n) is 7.46. The zero-order valence-corrected chi connectivity index (χ0v) is 28.7. The molecule has 0 aliphatic rings. The van der Waals surface area contributed by atoms with Crippen molar-refractivity contribution < 1.29 is 20.1 Å². The van der Waals surface area contributed by atoms with Gasteiger partial charge in [-0.25, -0.2) is 0 Å². The molecule has 0 spiro atoms. The molecule has 0 fully saturated rings. The smallest absolute Gasteiger partial charge is 0.112 e. The van der Waals surface area contributed by atoms with Crippen molar-refractivity contribution >= 4 is 11.7 Å². The van der Waals surface area contributed by atoms with Gasteiger partial charge in [0, 0.05) is 26.5 Å². The number of nitrogens with one attached hydrogen (secondary N) is 2. The zero-order valence-electron chi connectivity index (χ0n) is 26.3. The molecular formula is C38H44IrN3-. The van der Waals surface area contributed by atoms with Gasteiger partial charge in [0.15, 0.2) is 0 Å². The second-order valence-corrected chi connectivity index (χ2v) is 12.9. The van der Waals surface area contributed by atoms with Crippen LogP contribution in [0.3, 0.4) is 0 Å². The van der Waals surface area contributed by atoms with Crippen LogP contribution in [0.1, 0.15) is 78.0 Å². The minimum absolute atomic E-state index is 0. The fraction of sp³-hybridized carbons (Fsp3) is 0.316. The predicted molar refractivity (Wildman–Crippen MR) is 177 cm³/mol. The van der Waals surface area contributed by atoms with Gasteiger partial charge in [-0.15, -0.1) is 35.4 Å². The first kappa shape index (κ1) is 33.2. The van der Waals surface area contributed by atoms with E-state index in [0.29, 0.717) is 18.1 Å². The summed E-state index contributed by atoms with van der Waals surface area (Å²) < 4.78 is 0. The standard InChI is InChI=1S/C38H44N3.Ir/c1-9-11-35(39)41-36(40-8)29-13-10-12-28(22-29)32-24-30(26-14-18-33(19-15-26)37(2,3)4)23-31(25-32)27-16-20-34(21-17-27)38(5,6)7;/h10,12,14-25H,9,11H2,1-8H3,(H2,39,40,41);/q-1;. The largest absolute Gasteiger partial charge is 0.411 e. The Kier molecular flexibility index (Phi) is 10.9. The molecule has 0 aromatic heterocycles. The van der Waals surface area contributed by atoms with Crippen LogP contribution in [-0.2, 0) is 30.9 Å². The summed E-state index contributed by atoms with van der Waals surface area (Å²) in [5.41, 5.74) is 10.7. The molecule has 4 aromatic rings. The van der Waals surface area contributed by atoms with Gasteiger partial charge < -0.3 is 5.32 Å². The molecule has 0 aliphatic carbocycles. The molecule has 4 aromatic carbocycles. The number of hydrogen-bond acceptors (Lipinski definition) is 1. The number of hydrogen-bond donors (Lipinski definition) is 2. The van der Waals surface area contributed by atoms with Crippen LogP contribution >= 0.6 is 0 Å². The summed E-state index contributed by atoms with van der Waals surface area (Å²) in [6.07, 6.45) is 1.55. The van der Waals surface area contributed by atoms with Crippen LogP contribution in [0.5, 0.6) is 0 Å². The van der Waals surface area contributed by atoms with Crippen LogP contribution in [0.4, 0.5) is 0 Å². The Hall–Kier alpha value is -3.33. The number of rotatable bonds is 6. The SMILES string of the molecule is CCCC(=N)N=C(NC)c1[c-]ccc(-c2cc(-c3ccc(C(C)(C)C)cc3)cc(-c3ccc(C(C)(C)C)cc3)c2)c1.[Ir]. The fourth-order valence-electron chi connectivity index (χ4n) is 4.91. The van der Waals surface area contributed by atoms with Gasteiger partial charge in [0.25, 0.3) is 0 Å². The first-order valence-electron chi connectivity index (χ1n) is 14.6. The second-order valence-electron chi connectivity index (χ2n) is 12.9. The zero-order chi connectivity index (χ0) is 29.8. The van der Waals surface area contributed by atoms with E-state index in [-0.39, 0.29) is 30.9 Å². The molecule has 4 rings (SSSR count). The van der Waals surface area contributed by atoms with Crippen molar-refractivity contribution in [3.8, 4) is 33.4 Å². The second kappa shape index (κ2) is 13.8. The minimum Gasteiger partial charge on any atom is -0.411 e. The maximum atomic E-state index is 8.20. The van der Waals surface area contributed by atoms with E-state index in [2.05, 4.69) is 144 Å². The molecule has 0 atom stereocenters. The summed E-state index contributed by atoms with van der Waals surface area (Å²) in [5.74, 6) is 1.04. The van der Waals surface area contributed by atoms with Gasteiger partial charge in [0.1, 0.15) is 5.84 Å². The van der Waals surface area contributed by atoms with E-state index in [4.69, 9.17) is 5.41 Å². The molecule has 3 nitrogen and oxygen atoms in total. The van der Waals surface area contributed by atoms with Gasteiger partial charge in [-0.05, 0) is 81.4 Å². The third kappa shape index (κ3) is 8.15. The minimum atomic E-state index is 0. The van der Waals surface area contributed by atoms with E-state index in [0.717, 1.165) is 23.1 Å². The molecule has 0 bridgehead atoms. The maximum absolute atomic E-state index is 8.20. The monoisotopic (exact) mass is 735 g/mol. The Morgan fingerprint density at radius 1 is 0.690 bits per heavy atom. The normalized spacial score (nSPS) is 12.0. The number of amidine groups is 2. The van der Waals surface area contributed by atoms with E-state index in [9.17, 15) is 0 Å². The summed E-state index contributed by atoms with van der Waals surface area (Å²) in [6.45, 7) is 15.6. The molecule has 0 aliphatic heterocycles. The number of nitrogens with zero attached hydrogens (tertiary/aromatic N) is 1. The van der Waals surface area contributed by atoms with Gasteiger partial charge in [0.2, 0.25) is 0 Å². The first-order chi connectivity index (χ1) is 19.4. The van der Waals surface area contributed by atoms with E-state index < -0.39 is 0 Å². The van der Waals surface area contributed by atoms with Crippen molar-refractivity contribution in [2.24, 2.45) is 4.99 Å². The first-order valence-corrected chi connectivity index (χ1v) is 14.6. The van der Waals surface area contributed by atoms with E-state index >= 15 is 0 Å². The van der Waals surface area contributed by atoms with Crippen molar-refractivity contribution in [2.45, 2.75) is 72.1 Å². The van der Waals surface area contributed by atoms with Crippen molar-refractivity contribution in [1.29, 1.82) is 5.41 Å². The summed E-state index contributed by atoms with van der Waals surface area (Å²) in [5, 5.41) is 11.4. The Morgan fingerprint density at radius 2 is 1.14 bits per heavy atom. The van der Waals surface area contributed by atoms with Crippen LogP contribution in [0.15, 0.2) is 89.9 Å². The van der Waals surface area contributed by atoms with E-state index in [1.54, 1.807) is 0 Å². The van der Waals surface area contributed by atoms with Crippen molar-refractivity contribution in [1.82, 2.24) is 5.32 Å². The fourth-order valence-corrected chi connectivity index (χ4v) is 4.91. The molecule has 42 heavy (non-hydrogen) atoms. The van der Waals surface area contributed by atoms with E-state index in [1.165, 1.54) is 33.4 Å². The molecule has 4 heteroatoms. The molecule has 0 unspecified atom stereocenters. The van der Waals surface area contributed by atoms with Crippen molar-refractivity contribution in [3.05, 3.63) is 108 Å². The predicted octanol–water partition coefficient (Wildman–Crippen LogP) is 9.82. The topological polar surface area (TPSA) is 48.2 Å². The number of aliphatic imine (C=N–C) groups is 1. The summed E-state index contributed by atoms with van der Waals surface area (Å²) in [7, 11) is 1.85. The molecule has 221 valence electrons. The Bertz CT molecular complexity index is 1460. The van der Waals surface area contributed by atoms with Crippen LogP contribution < -0.4 is 5.32 Å². The van der Waals surface area contributed by atoms with Gasteiger partial charge in [-0.1, -0.05) is 97.0 Å². The van der Waals surface area contributed by atoms with Gasteiger partial charge in [-0.3, -0.25) is 10.4 Å². The third-order valence-corrected chi connectivity index (χ3v) is 7.46. The van der Waals surface area contributed by atoms with E-state index in [1.807, 2.05) is 13.1 Å². The molecule has 0 amide bonds. The Morgan fingerprint density at radius 3 is 1.55 bits per heavy atom. The average molecular weight is 735 g/mol. The van der Waals surface area contributed by atoms with Gasteiger partial charge in [-0.2, -0.15) is 0 Å². The average Bonchev–Trinajstić information content (AvgIpc) is 2.95. The Balaban J connectivity index is 0.00000484. The van der Waals surface area contributed by atoms with Crippen LogP contribution in [0.2, 0.25) is 0 Å². The summed E-state index contributed by atoms with van der Waals surface area (Å²) in [4.78, 5) is 4.53. The van der Waals surface area contributed by atoms with Crippen molar-refractivity contribution in [2.75, 3.05) is 7.05 Å². The van der Waals surface area contributed by atoms with Gasteiger partial charge in [0.05, 0.1) is 5.84 Å². The quantitative estimate of drug-likeness (QED) is 0.116. The van der Waals surface area contributed by atoms with Crippen LogP contribution in [0, 0.1) is 11.5 Å². The summed E-state index contributed by atoms with van der Waals surface area (Å²) >= 11 is 0. The van der Waals surface area contributed by atoms with Crippen LogP contribution in [-0.4, -0.2) is 18.7 Å². The number of benzene rings is 4.